The molecule has 1 heterocycles. The monoisotopic (exact) mass is 341 g/mol. The van der Waals surface area contributed by atoms with Gasteiger partial charge < -0.3 is 5.32 Å². The summed E-state index contributed by atoms with van der Waals surface area (Å²) < 4.78 is 27.4. The third-order valence-corrected chi connectivity index (χ3v) is 4.24. The van der Waals surface area contributed by atoms with Crippen LogP contribution in [0.5, 0.6) is 0 Å². The average Bonchev–Trinajstić information content (AvgIpc) is 2.82. The number of amides is 1. The summed E-state index contributed by atoms with van der Waals surface area (Å²) in [6, 6.07) is 6.72. The Balaban J connectivity index is 1.99. The first kappa shape index (κ1) is 17.7. The van der Waals surface area contributed by atoms with E-state index in [1.165, 1.54) is 0 Å². The molecule has 1 aromatic heterocycles. The highest BCUT2D eigenvalue weighted by molar-refractivity contribution is 7.99. The fraction of sp³-hybridized carbons (Fsp3) is 0.500. The first-order valence-electron chi connectivity index (χ1n) is 7.42. The predicted molar refractivity (Wildman–Crippen MR) is 88.8 cm³/mol. The molecule has 0 saturated carbocycles. The van der Waals surface area contributed by atoms with E-state index >= 15 is 0 Å². The summed E-state index contributed by atoms with van der Waals surface area (Å²) in [5.41, 5.74) is 1.02. The normalized spacial score (nSPS) is 12.1. The number of halogens is 2. The second-order valence-corrected chi connectivity index (χ2v) is 7.42. The van der Waals surface area contributed by atoms with Gasteiger partial charge in [-0.25, -0.2) is 4.98 Å². The Morgan fingerprint density at radius 3 is 2.70 bits per heavy atom. The van der Waals surface area contributed by atoms with Gasteiger partial charge in [0.15, 0.2) is 5.16 Å². The molecule has 0 radical (unpaired) electrons. The minimum atomic E-state index is -2.69. The number of imidazole rings is 1. The van der Waals surface area contributed by atoms with E-state index in [0.717, 1.165) is 22.7 Å². The van der Waals surface area contributed by atoms with E-state index in [-0.39, 0.29) is 22.2 Å². The summed E-state index contributed by atoms with van der Waals surface area (Å²) in [4.78, 5) is 16.0. The fourth-order valence-corrected chi connectivity index (χ4v) is 2.91. The van der Waals surface area contributed by atoms with Crippen molar-refractivity contribution >= 4 is 28.7 Å². The van der Waals surface area contributed by atoms with Crippen molar-refractivity contribution in [2.45, 2.75) is 38.9 Å². The molecule has 126 valence electrons. The van der Waals surface area contributed by atoms with E-state index in [0.29, 0.717) is 17.6 Å². The van der Waals surface area contributed by atoms with Gasteiger partial charge >= 0.3 is 6.55 Å². The molecule has 1 N–H and O–H groups in total. The van der Waals surface area contributed by atoms with E-state index in [9.17, 15) is 13.6 Å². The summed E-state index contributed by atoms with van der Waals surface area (Å²) in [5, 5.41) is 2.97. The Hall–Kier alpha value is -1.63. The van der Waals surface area contributed by atoms with Gasteiger partial charge in [0.2, 0.25) is 5.91 Å². The van der Waals surface area contributed by atoms with Crippen LogP contribution in [0.3, 0.4) is 0 Å². The van der Waals surface area contributed by atoms with Crippen molar-refractivity contribution in [2.24, 2.45) is 5.41 Å². The third-order valence-electron chi connectivity index (χ3n) is 3.29. The zero-order valence-corrected chi connectivity index (χ0v) is 14.3. The van der Waals surface area contributed by atoms with Crippen LogP contribution in [-0.2, 0) is 4.79 Å². The van der Waals surface area contributed by atoms with E-state index in [2.05, 4.69) is 31.1 Å². The highest BCUT2D eigenvalue weighted by Gasteiger charge is 2.19. The molecule has 0 bridgehead atoms. The number of nitrogens with one attached hydrogen (secondary N) is 1. The molecule has 0 spiro atoms. The van der Waals surface area contributed by atoms with Crippen LogP contribution in [0.1, 0.15) is 33.7 Å². The minimum absolute atomic E-state index is 0.0696. The average molecular weight is 341 g/mol. The maximum Gasteiger partial charge on any atom is 0.321 e. The summed E-state index contributed by atoms with van der Waals surface area (Å²) in [6.07, 6.45) is 0.860. The van der Waals surface area contributed by atoms with Gasteiger partial charge in [0.1, 0.15) is 0 Å². The highest BCUT2D eigenvalue weighted by atomic mass is 32.2. The second-order valence-electron chi connectivity index (χ2n) is 6.48. The maximum atomic E-state index is 13.3. The molecule has 0 saturated heterocycles. The van der Waals surface area contributed by atoms with Crippen LogP contribution in [0.25, 0.3) is 11.0 Å². The number of carbonyl (C=O) groups is 1. The standard InChI is InChI=1S/C16H21F2N3OS/c1-16(2,3)8-9-19-13(22)10-23-15-20-11-6-4-5-7-12(11)21(15)14(17)18/h4-7,14H,8-10H2,1-3H3,(H,19,22). The number of hydrogen-bond acceptors (Lipinski definition) is 3. The SMILES string of the molecule is CC(C)(C)CCNC(=O)CSc1nc2ccccc2n1C(F)F. The zero-order valence-electron chi connectivity index (χ0n) is 13.5. The zero-order chi connectivity index (χ0) is 17.0. The van der Waals surface area contributed by atoms with Crippen LogP contribution in [0.4, 0.5) is 8.78 Å². The summed E-state index contributed by atoms with van der Waals surface area (Å²) >= 11 is 1.03. The van der Waals surface area contributed by atoms with Gasteiger partial charge in [-0.2, -0.15) is 8.78 Å². The molecule has 2 aromatic rings. The van der Waals surface area contributed by atoms with Crippen molar-refractivity contribution in [3.63, 3.8) is 0 Å². The Morgan fingerprint density at radius 1 is 1.35 bits per heavy atom. The van der Waals surface area contributed by atoms with Crippen molar-refractivity contribution in [1.29, 1.82) is 0 Å². The number of hydrogen-bond donors (Lipinski definition) is 1. The molecule has 23 heavy (non-hydrogen) atoms. The molecule has 0 unspecified atom stereocenters. The van der Waals surface area contributed by atoms with Gasteiger partial charge in [-0.1, -0.05) is 44.7 Å². The van der Waals surface area contributed by atoms with Gasteiger partial charge in [-0.05, 0) is 24.0 Å². The molecule has 4 nitrogen and oxygen atoms in total. The lowest BCUT2D eigenvalue weighted by Crippen LogP contribution is -2.28. The second kappa shape index (κ2) is 7.29. The Kier molecular flexibility index (Phi) is 5.62. The van der Waals surface area contributed by atoms with Crippen molar-refractivity contribution in [2.75, 3.05) is 12.3 Å². The highest BCUT2D eigenvalue weighted by Crippen LogP contribution is 2.29. The van der Waals surface area contributed by atoms with E-state index < -0.39 is 6.55 Å². The van der Waals surface area contributed by atoms with Crippen LogP contribution in [0.2, 0.25) is 0 Å². The van der Waals surface area contributed by atoms with E-state index in [1.54, 1.807) is 24.3 Å². The minimum Gasteiger partial charge on any atom is -0.355 e. The molecule has 0 aliphatic carbocycles. The number of alkyl halides is 2. The number of benzene rings is 1. The summed E-state index contributed by atoms with van der Waals surface area (Å²) in [7, 11) is 0. The molecule has 7 heteroatoms. The number of thioether (sulfide) groups is 1. The van der Waals surface area contributed by atoms with Crippen LogP contribution in [0.15, 0.2) is 29.4 Å². The molecule has 0 fully saturated rings. The molecule has 2 rings (SSSR count). The van der Waals surface area contributed by atoms with Crippen molar-refractivity contribution < 1.29 is 13.6 Å². The number of nitrogens with zero attached hydrogens (tertiary/aromatic N) is 2. The predicted octanol–water partition coefficient (Wildman–Crippen LogP) is 4.08. The van der Waals surface area contributed by atoms with Crippen LogP contribution in [-0.4, -0.2) is 27.8 Å². The van der Waals surface area contributed by atoms with Crippen molar-refractivity contribution in [1.82, 2.24) is 14.9 Å². The van der Waals surface area contributed by atoms with Gasteiger partial charge in [0.25, 0.3) is 0 Å². The molecular formula is C16H21F2N3OS. The lowest BCUT2D eigenvalue weighted by Gasteiger charge is -2.17. The number of aromatic nitrogens is 2. The molecule has 0 aliphatic rings. The van der Waals surface area contributed by atoms with Crippen molar-refractivity contribution in [3.05, 3.63) is 24.3 Å². The topological polar surface area (TPSA) is 46.9 Å². The molecule has 0 aliphatic heterocycles. The Bertz CT molecular complexity index is 680. The van der Waals surface area contributed by atoms with Gasteiger partial charge in [-0.3, -0.25) is 9.36 Å². The molecule has 1 aromatic carbocycles. The van der Waals surface area contributed by atoms with Gasteiger partial charge in [0.05, 0.1) is 16.8 Å². The lowest BCUT2D eigenvalue weighted by atomic mass is 9.92. The lowest BCUT2D eigenvalue weighted by molar-refractivity contribution is -0.118. The molecule has 1 amide bonds. The largest absolute Gasteiger partial charge is 0.355 e. The number of fused-ring (bicyclic) bond motifs is 1. The first-order chi connectivity index (χ1) is 10.8. The summed E-state index contributed by atoms with van der Waals surface area (Å²) in [5.74, 6) is -0.104. The summed E-state index contributed by atoms with van der Waals surface area (Å²) in [6.45, 7) is 4.18. The Labute approximate surface area is 138 Å². The van der Waals surface area contributed by atoms with Crippen LogP contribution < -0.4 is 5.32 Å². The van der Waals surface area contributed by atoms with Crippen LogP contribution in [0, 0.1) is 5.41 Å². The quantitative estimate of drug-likeness (QED) is 0.806. The Morgan fingerprint density at radius 2 is 2.04 bits per heavy atom. The number of carbonyl (C=O) groups excluding carboxylic acids is 1. The molecule has 0 atom stereocenters. The smallest absolute Gasteiger partial charge is 0.321 e. The van der Waals surface area contributed by atoms with Gasteiger partial charge in [0, 0.05) is 6.54 Å². The molecular weight excluding hydrogens is 320 g/mol. The first-order valence-corrected chi connectivity index (χ1v) is 8.41. The number of para-hydroxylation sites is 2. The van der Waals surface area contributed by atoms with Gasteiger partial charge in [-0.15, -0.1) is 0 Å². The maximum absolute atomic E-state index is 13.3. The third kappa shape index (κ3) is 4.92. The van der Waals surface area contributed by atoms with E-state index in [4.69, 9.17) is 0 Å². The van der Waals surface area contributed by atoms with E-state index in [1.807, 2.05) is 0 Å². The van der Waals surface area contributed by atoms with Crippen molar-refractivity contribution in [3.8, 4) is 0 Å². The van der Waals surface area contributed by atoms with Crippen LogP contribution >= 0.6 is 11.8 Å². The fourth-order valence-electron chi connectivity index (χ4n) is 2.07. The number of rotatable bonds is 6.